The van der Waals surface area contributed by atoms with Crippen molar-refractivity contribution in [2.75, 3.05) is 0 Å². The van der Waals surface area contributed by atoms with E-state index in [0.717, 1.165) is 4.68 Å². The van der Waals surface area contributed by atoms with Crippen LogP contribution in [0.5, 0.6) is 0 Å². The fourth-order valence-corrected chi connectivity index (χ4v) is 1.64. The lowest BCUT2D eigenvalue weighted by Crippen LogP contribution is -2.16. The Morgan fingerprint density at radius 1 is 1.20 bits per heavy atom. The molecule has 0 unspecified atom stereocenters. The van der Waals surface area contributed by atoms with Crippen LogP contribution in [0.2, 0.25) is 0 Å². The summed E-state index contributed by atoms with van der Waals surface area (Å²) in [5.41, 5.74) is 0.504. The van der Waals surface area contributed by atoms with E-state index in [1.54, 1.807) is 6.92 Å². The van der Waals surface area contributed by atoms with Gasteiger partial charge in [0, 0.05) is 12.5 Å². The van der Waals surface area contributed by atoms with Crippen molar-refractivity contribution in [3.05, 3.63) is 52.4 Å². The van der Waals surface area contributed by atoms with Gasteiger partial charge in [-0.25, -0.2) is 9.18 Å². The van der Waals surface area contributed by atoms with Crippen LogP contribution in [0.4, 0.5) is 4.39 Å². The maximum absolute atomic E-state index is 12.8. The summed E-state index contributed by atoms with van der Waals surface area (Å²) < 4.78 is 24.1. The Bertz CT molecular complexity index is 788. The Kier molecular flexibility index (Phi) is 2.90. The van der Waals surface area contributed by atoms with Gasteiger partial charge in [0.25, 0.3) is 0 Å². The zero-order valence-corrected chi connectivity index (χ0v) is 10.4. The fourth-order valence-electron chi connectivity index (χ4n) is 1.64. The maximum Gasteiger partial charge on any atom is 0.437 e. The summed E-state index contributed by atoms with van der Waals surface area (Å²) in [7, 11) is 0. The first-order valence-corrected chi connectivity index (χ1v) is 5.75. The first-order chi connectivity index (χ1) is 9.61. The molecule has 0 N–H and O–H groups in total. The van der Waals surface area contributed by atoms with Gasteiger partial charge in [-0.15, -0.1) is 15.3 Å². The Balaban J connectivity index is 1.91. The minimum Gasteiger partial charge on any atom is -0.424 e. The summed E-state index contributed by atoms with van der Waals surface area (Å²) in [6, 6.07) is 5.47. The molecular weight excluding hydrogens is 267 g/mol. The minimum atomic E-state index is -0.653. The highest BCUT2D eigenvalue weighted by atomic mass is 19.1. The topological polar surface area (TPSA) is 87.0 Å². The average molecular weight is 276 g/mol. The number of hydrogen-bond donors (Lipinski definition) is 0. The monoisotopic (exact) mass is 276 g/mol. The number of aromatic nitrogens is 4. The van der Waals surface area contributed by atoms with Crippen LogP contribution in [0.3, 0.4) is 0 Å². The molecule has 0 saturated carbocycles. The Morgan fingerprint density at radius 2 is 1.95 bits per heavy atom. The molecule has 2 heterocycles. The SMILES string of the molecule is Cc1nnc(Cn2nc(-c3ccc(F)cc3)oc2=O)o1. The predicted molar refractivity (Wildman–Crippen MR) is 64.3 cm³/mol. The van der Waals surface area contributed by atoms with Crippen molar-refractivity contribution in [2.24, 2.45) is 0 Å². The molecule has 0 aliphatic heterocycles. The van der Waals surface area contributed by atoms with Gasteiger partial charge in [0.2, 0.25) is 17.7 Å². The van der Waals surface area contributed by atoms with E-state index >= 15 is 0 Å². The smallest absolute Gasteiger partial charge is 0.424 e. The van der Waals surface area contributed by atoms with Gasteiger partial charge < -0.3 is 8.83 Å². The third-order valence-electron chi connectivity index (χ3n) is 2.55. The number of halogens is 1. The van der Waals surface area contributed by atoms with Crippen LogP contribution in [0.1, 0.15) is 11.8 Å². The summed E-state index contributed by atoms with van der Waals surface area (Å²) in [4.78, 5) is 11.7. The lowest BCUT2D eigenvalue weighted by Gasteiger charge is -1.93. The number of rotatable bonds is 3. The fraction of sp³-hybridized carbons (Fsp3) is 0.167. The van der Waals surface area contributed by atoms with Crippen molar-refractivity contribution >= 4 is 0 Å². The van der Waals surface area contributed by atoms with Crippen LogP contribution in [0.15, 0.2) is 37.9 Å². The van der Waals surface area contributed by atoms with Gasteiger partial charge in [0.05, 0.1) is 0 Å². The third-order valence-corrected chi connectivity index (χ3v) is 2.55. The predicted octanol–water partition coefficient (Wildman–Crippen LogP) is 1.38. The molecule has 0 aliphatic carbocycles. The van der Waals surface area contributed by atoms with Crippen LogP contribution in [0.25, 0.3) is 11.5 Å². The molecular formula is C12H9FN4O3. The van der Waals surface area contributed by atoms with E-state index < -0.39 is 5.76 Å². The van der Waals surface area contributed by atoms with E-state index in [9.17, 15) is 9.18 Å². The summed E-state index contributed by atoms with van der Waals surface area (Å²) >= 11 is 0. The molecule has 3 aromatic rings. The van der Waals surface area contributed by atoms with Crippen molar-refractivity contribution in [1.29, 1.82) is 0 Å². The number of hydrogen-bond acceptors (Lipinski definition) is 6. The largest absolute Gasteiger partial charge is 0.437 e. The van der Waals surface area contributed by atoms with Crippen molar-refractivity contribution in [3.63, 3.8) is 0 Å². The molecule has 0 spiro atoms. The number of nitrogens with zero attached hydrogens (tertiary/aromatic N) is 4. The molecule has 8 heteroatoms. The Labute approximate surface area is 111 Å². The van der Waals surface area contributed by atoms with Gasteiger partial charge in [0.15, 0.2) is 0 Å². The zero-order chi connectivity index (χ0) is 14.1. The molecule has 1 aromatic carbocycles. The Morgan fingerprint density at radius 3 is 2.60 bits per heavy atom. The second kappa shape index (κ2) is 4.72. The summed E-state index contributed by atoms with van der Waals surface area (Å²) in [5, 5.41) is 11.4. The van der Waals surface area contributed by atoms with Gasteiger partial charge in [-0.05, 0) is 24.3 Å². The quantitative estimate of drug-likeness (QED) is 0.718. The molecule has 102 valence electrons. The third kappa shape index (κ3) is 2.35. The molecule has 20 heavy (non-hydrogen) atoms. The van der Waals surface area contributed by atoms with Crippen LogP contribution in [-0.2, 0) is 6.54 Å². The summed E-state index contributed by atoms with van der Waals surface area (Å²) in [6.45, 7) is 1.66. The minimum absolute atomic E-state index is 0.0182. The van der Waals surface area contributed by atoms with Crippen LogP contribution >= 0.6 is 0 Å². The summed E-state index contributed by atoms with van der Waals surface area (Å²) in [6.07, 6.45) is 0. The van der Waals surface area contributed by atoms with Gasteiger partial charge in [-0.3, -0.25) is 0 Å². The number of benzene rings is 1. The zero-order valence-electron chi connectivity index (χ0n) is 10.4. The standard InChI is InChI=1S/C12H9FN4O3/c1-7-14-15-10(19-7)6-17-12(18)20-11(16-17)8-2-4-9(13)5-3-8/h2-5H,6H2,1H3. The molecule has 0 saturated heterocycles. The molecule has 0 fully saturated rings. The lowest BCUT2D eigenvalue weighted by atomic mass is 10.2. The van der Waals surface area contributed by atoms with Gasteiger partial charge in [0.1, 0.15) is 12.4 Å². The highest BCUT2D eigenvalue weighted by Gasteiger charge is 2.13. The molecule has 7 nitrogen and oxygen atoms in total. The van der Waals surface area contributed by atoms with E-state index in [-0.39, 0.29) is 24.1 Å². The Hall–Kier alpha value is -2.77. The molecule has 0 aliphatic rings. The molecule has 0 atom stereocenters. The van der Waals surface area contributed by atoms with Crippen molar-refractivity contribution in [2.45, 2.75) is 13.5 Å². The molecule has 0 radical (unpaired) electrons. The highest BCUT2D eigenvalue weighted by Crippen LogP contribution is 2.15. The van der Waals surface area contributed by atoms with E-state index in [0.29, 0.717) is 11.5 Å². The van der Waals surface area contributed by atoms with E-state index in [1.807, 2.05) is 0 Å². The van der Waals surface area contributed by atoms with Crippen LogP contribution < -0.4 is 5.76 Å². The van der Waals surface area contributed by atoms with Gasteiger partial charge in [-0.2, -0.15) is 4.68 Å². The van der Waals surface area contributed by atoms with Crippen LogP contribution in [0, 0.1) is 12.7 Å². The number of aryl methyl sites for hydroxylation is 1. The molecule has 0 amide bonds. The normalized spacial score (nSPS) is 10.9. The van der Waals surface area contributed by atoms with Crippen molar-refractivity contribution < 1.29 is 13.2 Å². The molecule has 3 rings (SSSR count). The molecule has 2 aromatic heterocycles. The lowest BCUT2D eigenvalue weighted by molar-refractivity contribution is 0.426. The van der Waals surface area contributed by atoms with E-state index in [4.69, 9.17) is 8.83 Å². The van der Waals surface area contributed by atoms with Crippen molar-refractivity contribution in [1.82, 2.24) is 20.0 Å². The van der Waals surface area contributed by atoms with Gasteiger partial charge >= 0.3 is 5.76 Å². The van der Waals surface area contributed by atoms with Crippen molar-refractivity contribution in [3.8, 4) is 11.5 Å². The molecule has 0 bridgehead atoms. The highest BCUT2D eigenvalue weighted by molar-refractivity contribution is 5.51. The van der Waals surface area contributed by atoms with Crippen LogP contribution in [-0.4, -0.2) is 20.0 Å². The first-order valence-electron chi connectivity index (χ1n) is 5.75. The van der Waals surface area contributed by atoms with E-state index in [2.05, 4.69) is 15.3 Å². The second-order valence-corrected chi connectivity index (χ2v) is 4.05. The second-order valence-electron chi connectivity index (χ2n) is 4.05. The van der Waals surface area contributed by atoms with E-state index in [1.165, 1.54) is 24.3 Å². The average Bonchev–Trinajstić information content (AvgIpc) is 2.98. The maximum atomic E-state index is 12.8. The van der Waals surface area contributed by atoms with Gasteiger partial charge in [-0.1, -0.05) is 0 Å². The first kappa shape index (κ1) is 12.3. The summed E-state index contributed by atoms with van der Waals surface area (Å²) in [5.74, 6) is -0.276.